The first-order chi connectivity index (χ1) is 18.4. The van der Waals surface area contributed by atoms with Gasteiger partial charge in [-0.1, -0.05) is 30.3 Å². The van der Waals surface area contributed by atoms with E-state index in [9.17, 15) is 31.5 Å². The van der Waals surface area contributed by atoms with E-state index in [4.69, 9.17) is 4.74 Å². The first kappa shape index (κ1) is 29.5. The standard InChI is InChI=1S/C27H34F3N3O5S/c1-19-16-32(13-14-38-19)18-26(35)31-24(15-20-5-3-2-4-6-20)25(34)17-33(22-9-10-22)39(36,37)23-11-7-21(8-12-23)27(28,29)30/h2-8,11-12,19,22,24-25,34H,9-10,13-18H2,1H3,(H,31,35)/t19-,24+,25-/m1/s1. The number of alkyl halides is 3. The third-order valence-corrected chi connectivity index (χ3v) is 8.84. The van der Waals surface area contributed by atoms with E-state index in [0.29, 0.717) is 32.5 Å². The minimum Gasteiger partial charge on any atom is -0.390 e. The van der Waals surface area contributed by atoms with E-state index in [1.54, 1.807) is 0 Å². The molecule has 1 aliphatic carbocycles. The zero-order valence-corrected chi connectivity index (χ0v) is 22.5. The fraction of sp³-hybridized carbons (Fsp3) is 0.519. The Hall–Kier alpha value is -2.51. The highest BCUT2D eigenvalue weighted by molar-refractivity contribution is 7.89. The number of hydrogen-bond donors (Lipinski definition) is 2. The number of sulfonamides is 1. The highest BCUT2D eigenvalue weighted by Gasteiger charge is 2.41. The highest BCUT2D eigenvalue weighted by atomic mass is 32.2. The van der Waals surface area contributed by atoms with Gasteiger partial charge in [0.15, 0.2) is 0 Å². The number of aliphatic hydroxyl groups excluding tert-OH is 1. The molecule has 0 aromatic heterocycles. The van der Waals surface area contributed by atoms with Crippen molar-refractivity contribution in [3.05, 3.63) is 65.7 Å². The largest absolute Gasteiger partial charge is 0.416 e. The van der Waals surface area contributed by atoms with Crippen LogP contribution in [0.25, 0.3) is 0 Å². The first-order valence-corrected chi connectivity index (χ1v) is 14.4. The van der Waals surface area contributed by atoms with E-state index >= 15 is 0 Å². The third-order valence-electron chi connectivity index (χ3n) is 6.91. The van der Waals surface area contributed by atoms with Crippen LogP contribution in [0.4, 0.5) is 13.2 Å². The lowest BCUT2D eigenvalue weighted by Gasteiger charge is -2.32. The number of benzene rings is 2. The summed E-state index contributed by atoms with van der Waals surface area (Å²) in [5.41, 5.74) is -0.0924. The fourth-order valence-electron chi connectivity index (χ4n) is 4.71. The molecule has 1 saturated heterocycles. The summed E-state index contributed by atoms with van der Waals surface area (Å²) in [5.74, 6) is -0.298. The van der Waals surface area contributed by atoms with Crippen molar-refractivity contribution in [3.63, 3.8) is 0 Å². The second-order valence-corrected chi connectivity index (χ2v) is 12.1. The summed E-state index contributed by atoms with van der Waals surface area (Å²) in [6.07, 6.45) is -4.42. The van der Waals surface area contributed by atoms with Crippen LogP contribution < -0.4 is 5.32 Å². The van der Waals surface area contributed by atoms with Gasteiger partial charge in [0.25, 0.3) is 0 Å². The van der Waals surface area contributed by atoms with Crippen molar-refractivity contribution in [2.45, 2.75) is 61.5 Å². The Morgan fingerprint density at radius 3 is 2.41 bits per heavy atom. The van der Waals surface area contributed by atoms with Crippen LogP contribution in [0.2, 0.25) is 0 Å². The highest BCUT2D eigenvalue weighted by Crippen LogP contribution is 2.34. The average molecular weight is 570 g/mol. The summed E-state index contributed by atoms with van der Waals surface area (Å²) in [4.78, 5) is 14.6. The van der Waals surface area contributed by atoms with Crippen molar-refractivity contribution in [2.75, 3.05) is 32.8 Å². The Kier molecular flexibility index (Phi) is 9.33. The molecule has 2 fully saturated rings. The van der Waals surface area contributed by atoms with Gasteiger partial charge in [0, 0.05) is 25.7 Å². The van der Waals surface area contributed by atoms with Crippen molar-refractivity contribution in [1.82, 2.24) is 14.5 Å². The number of carbonyl (C=O) groups excluding carboxylic acids is 1. The number of nitrogens with one attached hydrogen (secondary N) is 1. The van der Waals surface area contributed by atoms with Crippen LogP contribution in [0.15, 0.2) is 59.5 Å². The van der Waals surface area contributed by atoms with Gasteiger partial charge in [0.2, 0.25) is 15.9 Å². The SMILES string of the molecule is C[C@@H]1CN(CC(=O)N[C@@H](Cc2ccccc2)[C@H](O)CN(C2CC2)S(=O)(=O)c2ccc(C(F)(F)F)cc2)CCO1. The Morgan fingerprint density at radius 1 is 1.15 bits per heavy atom. The Balaban J connectivity index is 1.50. The minimum absolute atomic E-state index is 0.000222. The molecule has 0 unspecified atom stereocenters. The van der Waals surface area contributed by atoms with Crippen LogP contribution in [0.5, 0.6) is 0 Å². The monoisotopic (exact) mass is 569 g/mol. The summed E-state index contributed by atoms with van der Waals surface area (Å²) < 4.78 is 72.5. The molecule has 12 heteroatoms. The van der Waals surface area contributed by atoms with Crippen LogP contribution in [-0.2, 0) is 32.2 Å². The van der Waals surface area contributed by atoms with E-state index in [1.807, 2.05) is 42.2 Å². The quantitative estimate of drug-likeness (QED) is 0.432. The number of hydrogen-bond acceptors (Lipinski definition) is 6. The summed E-state index contributed by atoms with van der Waals surface area (Å²) in [6, 6.07) is 11.4. The van der Waals surface area contributed by atoms with Gasteiger partial charge in [-0.2, -0.15) is 17.5 Å². The number of amides is 1. The second-order valence-electron chi connectivity index (χ2n) is 10.2. The molecule has 3 atom stereocenters. The molecule has 1 heterocycles. The van der Waals surface area contributed by atoms with Gasteiger partial charge < -0.3 is 15.2 Å². The van der Waals surface area contributed by atoms with Gasteiger partial charge in [-0.25, -0.2) is 8.42 Å². The maximum atomic E-state index is 13.4. The van der Waals surface area contributed by atoms with E-state index in [0.717, 1.165) is 34.1 Å². The van der Waals surface area contributed by atoms with Crippen LogP contribution in [-0.4, -0.2) is 85.7 Å². The molecule has 0 bridgehead atoms. The van der Waals surface area contributed by atoms with Gasteiger partial charge >= 0.3 is 6.18 Å². The smallest absolute Gasteiger partial charge is 0.390 e. The van der Waals surface area contributed by atoms with E-state index < -0.39 is 33.9 Å². The molecule has 1 saturated carbocycles. The number of morpholine rings is 1. The van der Waals surface area contributed by atoms with Crippen LogP contribution >= 0.6 is 0 Å². The molecule has 0 spiro atoms. The Morgan fingerprint density at radius 2 is 1.82 bits per heavy atom. The van der Waals surface area contributed by atoms with Crippen LogP contribution in [0.3, 0.4) is 0 Å². The summed E-state index contributed by atoms with van der Waals surface area (Å²) in [6.45, 7) is 3.45. The van der Waals surface area contributed by atoms with Crippen molar-refractivity contribution in [3.8, 4) is 0 Å². The topological polar surface area (TPSA) is 99.2 Å². The molecule has 4 rings (SSSR count). The lowest BCUT2D eigenvalue weighted by Crippen LogP contribution is -2.53. The molecule has 39 heavy (non-hydrogen) atoms. The van der Waals surface area contributed by atoms with Crippen molar-refractivity contribution < 1.29 is 36.2 Å². The molecule has 2 aromatic carbocycles. The Bertz CT molecular complexity index is 1210. The molecule has 1 aliphatic heterocycles. The molecule has 2 aliphatic rings. The van der Waals surface area contributed by atoms with E-state index in [1.165, 1.54) is 0 Å². The Labute approximate surface area is 226 Å². The minimum atomic E-state index is -4.59. The number of ether oxygens (including phenoxy) is 1. The maximum absolute atomic E-state index is 13.4. The normalized spacial score (nSPS) is 20.5. The molecule has 0 radical (unpaired) electrons. The van der Waals surface area contributed by atoms with Crippen molar-refractivity contribution in [2.24, 2.45) is 0 Å². The van der Waals surface area contributed by atoms with E-state index in [2.05, 4.69) is 5.32 Å². The predicted octanol–water partition coefficient (Wildman–Crippen LogP) is 2.67. The van der Waals surface area contributed by atoms with Crippen molar-refractivity contribution in [1.29, 1.82) is 0 Å². The molecular weight excluding hydrogens is 535 g/mol. The number of carbonyl (C=O) groups is 1. The van der Waals surface area contributed by atoms with Crippen molar-refractivity contribution >= 4 is 15.9 Å². The molecule has 8 nitrogen and oxygen atoms in total. The predicted molar refractivity (Wildman–Crippen MR) is 138 cm³/mol. The van der Waals surface area contributed by atoms with Gasteiger partial charge in [-0.05, 0) is 56.0 Å². The molecule has 214 valence electrons. The summed E-state index contributed by atoms with van der Waals surface area (Å²) in [5, 5.41) is 14.2. The van der Waals surface area contributed by atoms with Gasteiger partial charge in [-0.15, -0.1) is 0 Å². The number of rotatable bonds is 11. The van der Waals surface area contributed by atoms with Gasteiger partial charge in [0.1, 0.15) is 0 Å². The van der Waals surface area contributed by atoms with Gasteiger partial charge in [-0.3, -0.25) is 9.69 Å². The van der Waals surface area contributed by atoms with Crippen LogP contribution in [0, 0.1) is 0 Å². The third kappa shape index (κ3) is 8.01. The lowest BCUT2D eigenvalue weighted by atomic mass is 10.0. The lowest BCUT2D eigenvalue weighted by molar-refractivity contribution is -0.137. The zero-order valence-electron chi connectivity index (χ0n) is 21.7. The molecular formula is C27H34F3N3O5S. The summed E-state index contributed by atoms with van der Waals surface area (Å²) >= 11 is 0. The fourth-order valence-corrected chi connectivity index (χ4v) is 6.41. The zero-order chi connectivity index (χ0) is 28.2. The summed E-state index contributed by atoms with van der Waals surface area (Å²) in [7, 11) is -4.19. The number of aliphatic hydroxyl groups is 1. The second kappa shape index (κ2) is 12.3. The molecule has 2 N–H and O–H groups in total. The first-order valence-electron chi connectivity index (χ1n) is 13.0. The van der Waals surface area contributed by atoms with Crippen LogP contribution in [0.1, 0.15) is 30.9 Å². The van der Waals surface area contributed by atoms with Gasteiger partial charge in [0.05, 0.1) is 41.9 Å². The molecule has 1 amide bonds. The van der Waals surface area contributed by atoms with E-state index in [-0.39, 0.29) is 42.5 Å². The number of nitrogens with zero attached hydrogens (tertiary/aromatic N) is 2. The maximum Gasteiger partial charge on any atom is 0.416 e. The number of halogens is 3. The molecule has 2 aromatic rings. The average Bonchev–Trinajstić information content (AvgIpc) is 3.72.